The van der Waals surface area contributed by atoms with Crippen molar-refractivity contribution in [3.05, 3.63) is 69.0 Å². The molecule has 0 unspecified atom stereocenters. The van der Waals surface area contributed by atoms with Crippen LogP contribution in [0.1, 0.15) is 15.9 Å². The Kier molecular flexibility index (Phi) is 5.88. The number of carbonyl (C=O) groups excluding carboxylic acids is 1. The van der Waals surface area contributed by atoms with Crippen LogP contribution in [-0.2, 0) is 4.74 Å². The lowest BCUT2D eigenvalue weighted by Gasteiger charge is -2.01. The predicted octanol–water partition coefficient (Wildman–Crippen LogP) is 5.35. The zero-order valence-corrected chi connectivity index (χ0v) is 15.9. The van der Waals surface area contributed by atoms with Gasteiger partial charge in [0, 0.05) is 16.0 Å². The van der Waals surface area contributed by atoms with Crippen molar-refractivity contribution in [2.45, 2.75) is 0 Å². The molecule has 0 spiro atoms. The monoisotopic (exact) mass is 405 g/mol. The van der Waals surface area contributed by atoms with Gasteiger partial charge in [-0.25, -0.2) is 9.78 Å². The van der Waals surface area contributed by atoms with E-state index in [1.54, 1.807) is 42.6 Å². The molecular formula is C18H13Cl2N3O2S. The summed E-state index contributed by atoms with van der Waals surface area (Å²) in [5, 5.41) is 7.80. The molecule has 0 saturated carbocycles. The zero-order chi connectivity index (χ0) is 18.5. The number of esters is 1. The number of anilines is 1. The van der Waals surface area contributed by atoms with Gasteiger partial charge >= 0.3 is 5.97 Å². The number of hydrazone groups is 1. The number of thiazole rings is 1. The van der Waals surface area contributed by atoms with Gasteiger partial charge in [-0.3, -0.25) is 5.43 Å². The van der Waals surface area contributed by atoms with Gasteiger partial charge in [-0.15, -0.1) is 11.3 Å². The number of carbonyl (C=O) groups is 1. The SMILES string of the molecule is COC(=O)c1ccc(/C=N\Nc2nc(-c3ccc(Cl)cc3Cl)cs2)cc1. The molecule has 0 aliphatic heterocycles. The number of hydrogen-bond donors (Lipinski definition) is 1. The number of benzene rings is 2. The third-order valence-electron chi connectivity index (χ3n) is 3.42. The molecule has 3 aromatic rings. The summed E-state index contributed by atoms with van der Waals surface area (Å²) >= 11 is 13.5. The summed E-state index contributed by atoms with van der Waals surface area (Å²) in [7, 11) is 1.35. The van der Waals surface area contributed by atoms with E-state index in [1.807, 2.05) is 11.4 Å². The van der Waals surface area contributed by atoms with Crippen LogP contribution in [0, 0.1) is 0 Å². The van der Waals surface area contributed by atoms with Crippen LogP contribution in [0.3, 0.4) is 0 Å². The Morgan fingerprint density at radius 3 is 2.69 bits per heavy atom. The Morgan fingerprint density at radius 1 is 1.23 bits per heavy atom. The number of methoxy groups -OCH3 is 1. The molecule has 1 N–H and O–H groups in total. The summed E-state index contributed by atoms with van der Waals surface area (Å²) < 4.78 is 4.66. The number of aromatic nitrogens is 1. The molecule has 3 rings (SSSR count). The molecular weight excluding hydrogens is 393 g/mol. The quantitative estimate of drug-likeness (QED) is 0.353. The van der Waals surface area contributed by atoms with Gasteiger partial charge in [0.15, 0.2) is 0 Å². The normalized spacial score (nSPS) is 10.9. The fourth-order valence-electron chi connectivity index (χ4n) is 2.13. The van der Waals surface area contributed by atoms with Gasteiger partial charge in [0.05, 0.1) is 29.6 Å². The Balaban J connectivity index is 1.66. The minimum Gasteiger partial charge on any atom is -0.465 e. The Bertz CT molecular complexity index is 955. The van der Waals surface area contributed by atoms with Gasteiger partial charge in [0.2, 0.25) is 5.13 Å². The molecule has 1 aromatic heterocycles. The lowest BCUT2D eigenvalue weighted by atomic mass is 10.1. The van der Waals surface area contributed by atoms with E-state index in [-0.39, 0.29) is 5.97 Å². The first kappa shape index (κ1) is 18.4. The Labute approximate surface area is 164 Å². The number of nitrogens with zero attached hydrogens (tertiary/aromatic N) is 2. The van der Waals surface area contributed by atoms with Crippen molar-refractivity contribution >= 4 is 51.9 Å². The molecule has 0 bridgehead atoms. The van der Waals surface area contributed by atoms with Crippen molar-refractivity contribution in [1.82, 2.24) is 4.98 Å². The second-order valence-corrected chi connectivity index (χ2v) is 6.85. The first-order valence-corrected chi connectivity index (χ1v) is 9.09. The van der Waals surface area contributed by atoms with E-state index >= 15 is 0 Å². The summed E-state index contributed by atoms with van der Waals surface area (Å²) in [5.41, 5.74) is 5.76. The maximum atomic E-state index is 11.4. The number of hydrogen-bond acceptors (Lipinski definition) is 6. The van der Waals surface area contributed by atoms with Crippen LogP contribution in [0.4, 0.5) is 5.13 Å². The maximum Gasteiger partial charge on any atom is 0.337 e. The number of halogens is 2. The highest BCUT2D eigenvalue weighted by atomic mass is 35.5. The fraction of sp³-hybridized carbons (Fsp3) is 0.0556. The van der Waals surface area contributed by atoms with Gasteiger partial charge in [-0.1, -0.05) is 35.3 Å². The minimum atomic E-state index is -0.372. The third-order valence-corrected chi connectivity index (χ3v) is 4.71. The standard InChI is InChI=1S/C18H13Cl2N3O2S/c1-25-17(24)12-4-2-11(3-5-12)9-21-23-18-22-16(10-26-18)14-7-6-13(19)8-15(14)20/h2-10H,1H3,(H,22,23)/b21-9-. The lowest BCUT2D eigenvalue weighted by molar-refractivity contribution is 0.0600. The highest BCUT2D eigenvalue weighted by Gasteiger charge is 2.08. The van der Waals surface area contributed by atoms with E-state index in [2.05, 4.69) is 20.2 Å². The predicted molar refractivity (Wildman–Crippen MR) is 107 cm³/mol. The zero-order valence-electron chi connectivity index (χ0n) is 13.6. The second-order valence-electron chi connectivity index (χ2n) is 5.15. The molecule has 0 atom stereocenters. The van der Waals surface area contributed by atoms with Crippen LogP contribution in [-0.4, -0.2) is 24.3 Å². The van der Waals surface area contributed by atoms with Crippen molar-refractivity contribution < 1.29 is 9.53 Å². The molecule has 0 aliphatic rings. The molecule has 0 fully saturated rings. The summed E-state index contributed by atoms with van der Waals surface area (Å²) in [4.78, 5) is 15.8. The largest absolute Gasteiger partial charge is 0.465 e. The van der Waals surface area contributed by atoms with Crippen LogP contribution in [0.25, 0.3) is 11.3 Å². The van der Waals surface area contributed by atoms with Crippen LogP contribution in [0.15, 0.2) is 52.9 Å². The van der Waals surface area contributed by atoms with Crippen molar-refractivity contribution in [1.29, 1.82) is 0 Å². The third kappa shape index (κ3) is 4.40. The molecule has 0 amide bonds. The maximum absolute atomic E-state index is 11.4. The Hall–Kier alpha value is -2.41. The molecule has 5 nitrogen and oxygen atoms in total. The highest BCUT2D eigenvalue weighted by molar-refractivity contribution is 7.14. The van der Waals surface area contributed by atoms with E-state index < -0.39 is 0 Å². The van der Waals surface area contributed by atoms with Gasteiger partial charge in [0.1, 0.15) is 0 Å². The van der Waals surface area contributed by atoms with Gasteiger partial charge in [-0.2, -0.15) is 5.10 Å². The Morgan fingerprint density at radius 2 is 2.00 bits per heavy atom. The van der Waals surface area contributed by atoms with Crippen LogP contribution in [0.2, 0.25) is 10.0 Å². The van der Waals surface area contributed by atoms with Gasteiger partial charge < -0.3 is 4.74 Å². The molecule has 0 radical (unpaired) electrons. The van der Waals surface area contributed by atoms with E-state index in [0.717, 1.165) is 16.8 Å². The van der Waals surface area contributed by atoms with E-state index in [4.69, 9.17) is 23.2 Å². The molecule has 132 valence electrons. The summed E-state index contributed by atoms with van der Waals surface area (Å²) in [6.07, 6.45) is 1.64. The van der Waals surface area contributed by atoms with Crippen molar-refractivity contribution in [2.24, 2.45) is 5.10 Å². The van der Waals surface area contributed by atoms with E-state index in [1.165, 1.54) is 18.4 Å². The molecule has 0 saturated heterocycles. The van der Waals surface area contributed by atoms with Crippen LogP contribution >= 0.6 is 34.5 Å². The molecule has 1 heterocycles. The minimum absolute atomic E-state index is 0.372. The van der Waals surface area contributed by atoms with Crippen LogP contribution in [0.5, 0.6) is 0 Å². The molecule has 8 heteroatoms. The average molecular weight is 406 g/mol. The van der Waals surface area contributed by atoms with Gasteiger partial charge in [0.25, 0.3) is 0 Å². The lowest BCUT2D eigenvalue weighted by Crippen LogP contribution is -2.00. The summed E-state index contributed by atoms with van der Waals surface area (Å²) in [6.45, 7) is 0. The van der Waals surface area contributed by atoms with Crippen molar-refractivity contribution in [3.8, 4) is 11.3 Å². The molecule has 26 heavy (non-hydrogen) atoms. The smallest absolute Gasteiger partial charge is 0.337 e. The second kappa shape index (κ2) is 8.31. The van der Waals surface area contributed by atoms with Crippen molar-refractivity contribution in [3.63, 3.8) is 0 Å². The number of rotatable bonds is 5. The van der Waals surface area contributed by atoms with Crippen LogP contribution < -0.4 is 5.43 Å². The number of nitrogens with one attached hydrogen (secondary N) is 1. The topological polar surface area (TPSA) is 63.6 Å². The van der Waals surface area contributed by atoms with E-state index in [9.17, 15) is 4.79 Å². The average Bonchev–Trinajstić information content (AvgIpc) is 3.10. The van der Waals surface area contributed by atoms with E-state index in [0.29, 0.717) is 20.7 Å². The fourth-order valence-corrected chi connectivity index (χ4v) is 3.30. The number of ether oxygens (including phenoxy) is 1. The summed E-state index contributed by atoms with van der Waals surface area (Å²) in [6, 6.07) is 12.2. The van der Waals surface area contributed by atoms with Crippen molar-refractivity contribution in [2.75, 3.05) is 12.5 Å². The highest BCUT2D eigenvalue weighted by Crippen LogP contribution is 2.32. The first-order valence-electron chi connectivity index (χ1n) is 7.45. The molecule has 0 aliphatic carbocycles. The summed E-state index contributed by atoms with van der Waals surface area (Å²) in [5.74, 6) is -0.372. The van der Waals surface area contributed by atoms with Gasteiger partial charge in [-0.05, 0) is 35.9 Å². The first-order chi connectivity index (χ1) is 12.6. The molecule has 2 aromatic carbocycles.